The third-order valence-corrected chi connectivity index (χ3v) is 8.99. The molecular weight excluding hydrogens is 366 g/mol. The maximum absolute atomic E-state index is 13.3. The lowest BCUT2D eigenvalue weighted by atomic mass is 9.91. The molecule has 0 aromatic heterocycles. The van der Waals surface area contributed by atoms with E-state index in [1.165, 1.54) is 89.9 Å². The largest absolute Gasteiger partial charge is 0.214 e. The molecule has 0 aromatic carbocycles. The fraction of sp³-hybridized carbons (Fsp3) is 1.00. The zero-order valence-corrected chi connectivity index (χ0v) is 19.5. The van der Waals surface area contributed by atoms with Crippen molar-refractivity contribution in [3.8, 4) is 0 Å². The normalized spacial score (nSPS) is 20.1. The Hall–Kier alpha value is -0.0900. The van der Waals surface area contributed by atoms with Gasteiger partial charge in [-0.2, -0.15) is 4.31 Å². The Kier molecular flexibility index (Phi) is 12.1. The Balaban J connectivity index is 1.72. The number of rotatable bonds is 14. The second kappa shape index (κ2) is 14.0. The van der Waals surface area contributed by atoms with Gasteiger partial charge in [-0.05, 0) is 32.1 Å². The Labute approximate surface area is 176 Å². The van der Waals surface area contributed by atoms with Crippen LogP contribution in [0.1, 0.15) is 135 Å². The smallest absolute Gasteiger partial charge is 0.212 e. The lowest BCUT2D eigenvalue weighted by Crippen LogP contribution is -2.49. The second-order valence-corrected chi connectivity index (χ2v) is 11.4. The van der Waals surface area contributed by atoms with Crippen LogP contribution in [0.5, 0.6) is 0 Å². The molecule has 0 aromatic rings. The second-order valence-electron chi connectivity index (χ2n) is 9.41. The molecule has 0 heterocycles. The van der Waals surface area contributed by atoms with Crippen molar-refractivity contribution in [1.29, 1.82) is 0 Å². The summed E-state index contributed by atoms with van der Waals surface area (Å²) in [5.41, 5.74) is 0. The van der Waals surface area contributed by atoms with E-state index in [0.29, 0.717) is 17.8 Å². The molecule has 28 heavy (non-hydrogen) atoms. The SMILES string of the molecule is CCCCCCCCCCCCS(=O)(=O)N(C1CCCCC1)C1CCCCC1. The topological polar surface area (TPSA) is 37.4 Å². The number of hydrogen-bond donors (Lipinski definition) is 0. The van der Waals surface area contributed by atoms with Gasteiger partial charge in [0, 0.05) is 12.1 Å². The van der Waals surface area contributed by atoms with Crippen molar-refractivity contribution in [2.75, 3.05) is 5.75 Å². The third kappa shape index (κ3) is 8.73. The van der Waals surface area contributed by atoms with E-state index in [9.17, 15) is 8.42 Å². The first kappa shape index (κ1) is 24.2. The van der Waals surface area contributed by atoms with E-state index in [0.717, 1.165) is 38.5 Å². The highest BCUT2D eigenvalue weighted by Crippen LogP contribution is 2.32. The standard InChI is InChI=1S/C24H47NO2S/c1-2-3-4-5-6-7-8-9-10-17-22-28(26,27)25(23-18-13-11-14-19-23)24-20-15-12-16-21-24/h23-24H,2-22H2,1H3. The van der Waals surface area contributed by atoms with Gasteiger partial charge in [-0.3, -0.25) is 0 Å². The summed E-state index contributed by atoms with van der Waals surface area (Å²) in [7, 11) is -3.10. The number of nitrogens with zero attached hydrogens (tertiary/aromatic N) is 1. The van der Waals surface area contributed by atoms with Crippen LogP contribution in [0.15, 0.2) is 0 Å². The lowest BCUT2D eigenvalue weighted by Gasteiger charge is -2.40. The predicted molar refractivity (Wildman–Crippen MR) is 121 cm³/mol. The van der Waals surface area contributed by atoms with E-state index in [1.54, 1.807) is 0 Å². The van der Waals surface area contributed by atoms with Crippen LogP contribution in [0.4, 0.5) is 0 Å². The minimum Gasteiger partial charge on any atom is -0.212 e. The van der Waals surface area contributed by atoms with Crippen molar-refractivity contribution in [2.24, 2.45) is 0 Å². The van der Waals surface area contributed by atoms with Crippen LogP contribution in [0, 0.1) is 0 Å². The fourth-order valence-corrected chi connectivity index (χ4v) is 7.41. The Morgan fingerprint density at radius 2 is 1.00 bits per heavy atom. The average molecular weight is 414 g/mol. The molecule has 2 aliphatic carbocycles. The molecule has 4 heteroatoms. The minimum absolute atomic E-state index is 0.296. The highest BCUT2D eigenvalue weighted by molar-refractivity contribution is 7.89. The first-order valence-corrected chi connectivity index (χ1v) is 14.3. The first-order valence-electron chi connectivity index (χ1n) is 12.7. The number of sulfonamides is 1. The molecule has 2 aliphatic rings. The van der Waals surface area contributed by atoms with Crippen molar-refractivity contribution in [3.63, 3.8) is 0 Å². The van der Waals surface area contributed by atoms with Crippen LogP contribution in [0.25, 0.3) is 0 Å². The van der Waals surface area contributed by atoms with Crippen LogP contribution in [0.2, 0.25) is 0 Å². The molecule has 2 saturated carbocycles. The van der Waals surface area contributed by atoms with Crippen LogP contribution >= 0.6 is 0 Å². The predicted octanol–water partition coefficient (Wildman–Crippen LogP) is 7.20. The molecule has 0 spiro atoms. The molecule has 2 fully saturated rings. The van der Waals surface area contributed by atoms with Gasteiger partial charge in [0.2, 0.25) is 10.0 Å². The quantitative estimate of drug-likeness (QED) is 0.282. The summed E-state index contributed by atoms with van der Waals surface area (Å²) in [6, 6.07) is 0.593. The van der Waals surface area contributed by atoms with Crippen molar-refractivity contribution >= 4 is 10.0 Å². The van der Waals surface area contributed by atoms with Crippen LogP contribution in [0.3, 0.4) is 0 Å². The maximum atomic E-state index is 13.3. The molecule has 0 N–H and O–H groups in total. The van der Waals surface area contributed by atoms with Crippen LogP contribution in [-0.2, 0) is 10.0 Å². The van der Waals surface area contributed by atoms with Gasteiger partial charge in [0.25, 0.3) is 0 Å². The van der Waals surface area contributed by atoms with Gasteiger partial charge in [0.05, 0.1) is 5.75 Å². The van der Waals surface area contributed by atoms with Crippen LogP contribution in [-0.4, -0.2) is 30.6 Å². The average Bonchev–Trinajstić information content (AvgIpc) is 2.71. The molecule has 0 bridgehead atoms. The monoisotopic (exact) mass is 413 g/mol. The molecule has 0 unspecified atom stereocenters. The molecule has 3 nitrogen and oxygen atoms in total. The van der Waals surface area contributed by atoms with Crippen LogP contribution < -0.4 is 0 Å². The zero-order valence-electron chi connectivity index (χ0n) is 18.7. The van der Waals surface area contributed by atoms with E-state index in [-0.39, 0.29) is 0 Å². The number of unbranched alkanes of at least 4 members (excludes halogenated alkanes) is 9. The summed E-state index contributed by atoms with van der Waals surface area (Å²) in [5.74, 6) is 0.385. The van der Waals surface area contributed by atoms with Gasteiger partial charge in [0.15, 0.2) is 0 Å². The maximum Gasteiger partial charge on any atom is 0.214 e. The van der Waals surface area contributed by atoms with Crippen molar-refractivity contribution in [1.82, 2.24) is 4.31 Å². The van der Waals surface area contributed by atoms with Gasteiger partial charge < -0.3 is 0 Å². The van der Waals surface area contributed by atoms with Crippen molar-refractivity contribution < 1.29 is 8.42 Å². The molecule has 0 saturated heterocycles. The first-order chi connectivity index (χ1) is 13.6. The molecule has 166 valence electrons. The van der Waals surface area contributed by atoms with Gasteiger partial charge in [-0.1, -0.05) is 103 Å². The van der Waals surface area contributed by atoms with Crippen molar-refractivity contribution in [2.45, 2.75) is 147 Å². The van der Waals surface area contributed by atoms with E-state index < -0.39 is 10.0 Å². The fourth-order valence-electron chi connectivity index (χ4n) is 5.30. The third-order valence-electron chi connectivity index (χ3n) is 6.95. The van der Waals surface area contributed by atoms with E-state index in [1.807, 2.05) is 4.31 Å². The van der Waals surface area contributed by atoms with Gasteiger partial charge >= 0.3 is 0 Å². The molecule has 2 rings (SSSR count). The van der Waals surface area contributed by atoms with E-state index in [2.05, 4.69) is 6.92 Å². The Morgan fingerprint density at radius 3 is 1.43 bits per heavy atom. The van der Waals surface area contributed by atoms with E-state index >= 15 is 0 Å². The summed E-state index contributed by atoms with van der Waals surface area (Å²) in [5, 5.41) is 0. The zero-order chi connectivity index (χ0) is 20.1. The lowest BCUT2D eigenvalue weighted by molar-refractivity contribution is 0.169. The molecule has 0 atom stereocenters. The molecule has 0 amide bonds. The van der Waals surface area contributed by atoms with Gasteiger partial charge in [-0.15, -0.1) is 0 Å². The summed E-state index contributed by atoms with van der Waals surface area (Å²) < 4.78 is 28.6. The minimum atomic E-state index is -3.10. The molecular formula is C24H47NO2S. The van der Waals surface area contributed by atoms with Gasteiger partial charge in [-0.25, -0.2) is 8.42 Å². The highest BCUT2D eigenvalue weighted by atomic mass is 32.2. The van der Waals surface area contributed by atoms with Crippen molar-refractivity contribution in [3.05, 3.63) is 0 Å². The summed E-state index contributed by atoms with van der Waals surface area (Å²) >= 11 is 0. The molecule has 0 aliphatic heterocycles. The summed E-state index contributed by atoms with van der Waals surface area (Å²) in [6.07, 6.45) is 24.3. The van der Waals surface area contributed by atoms with Gasteiger partial charge in [0.1, 0.15) is 0 Å². The highest BCUT2D eigenvalue weighted by Gasteiger charge is 2.36. The number of hydrogen-bond acceptors (Lipinski definition) is 2. The Morgan fingerprint density at radius 1 is 0.607 bits per heavy atom. The molecule has 0 radical (unpaired) electrons. The summed E-state index contributed by atoms with van der Waals surface area (Å²) in [4.78, 5) is 0. The summed E-state index contributed by atoms with van der Waals surface area (Å²) in [6.45, 7) is 2.26. The van der Waals surface area contributed by atoms with E-state index in [4.69, 9.17) is 0 Å². The Bertz CT molecular complexity index is 461.